The lowest BCUT2D eigenvalue weighted by Gasteiger charge is -2.38. The summed E-state index contributed by atoms with van der Waals surface area (Å²) in [4.78, 5) is 0. The average Bonchev–Trinajstić information content (AvgIpc) is 2.38. The van der Waals surface area contributed by atoms with Gasteiger partial charge >= 0.3 is 0 Å². The topological polar surface area (TPSA) is 21.3 Å². The molecule has 0 amide bonds. The van der Waals surface area contributed by atoms with E-state index >= 15 is 0 Å². The second kappa shape index (κ2) is 8.10. The predicted octanol–water partition coefficient (Wildman–Crippen LogP) is 3.46. The van der Waals surface area contributed by atoms with E-state index in [0.29, 0.717) is 6.04 Å². The fourth-order valence-electron chi connectivity index (χ4n) is 3.38. The lowest BCUT2D eigenvalue weighted by atomic mass is 9.70. The quantitative estimate of drug-likeness (QED) is 0.689. The van der Waals surface area contributed by atoms with Gasteiger partial charge in [-0.05, 0) is 31.1 Å². The highest BCUT2D eigenvalue weighted by Crippen LogP contribution is 2.38. The van der Waals surface area contributed by atoms with Crippen molar-refractivity contribution >= 4 is 0 Å². The number of hydrogen-bond donors (Lipinski definition) is 1. The summed E-state index contributed by atoms with van der Waals surface area (Å²) < 4.78 is 5.10. The van der Waals surface area contributed by atoms with Crippen molar-refractivity contribution in [3.63, 3.8) is 0 Å². The molecule has 0 spiro atoms. The van der Waals surface area contributed by atoms with Gasteiger partial charge in [0.15, 0.2) is 0 Å². The molecule has 1 aliphatic carbocycles. The van der Waals surface area contributed by atoms with Gasteiger partial charge in [-0.2, -0.15) is 0 Å². The fraction of sp³-hybridized carbons (Fsp3) is 1.00. The molecular formula is C15H31NO. The van der Waals surface area contributed by atoms with E-state index in [4.69, 9.17) is 4.74 Å². The van der Waals surface area contributed by atoms with Crippen molar-refractivity contribution in [1.29, 1.82) is 0 Å². The highest BCUT2D eigenvalue weighted by atomic mass is 16.5. The van der Waals surface area contributed by atoms with E-state index in [9.17, 15) is 0 Å². The first kappa shape index (κ1) is 15.0. The van der Waals surface area contributed by atoms with Gasteiger partial charge in [-0.15, -0.1) is 0 Å². The second-order valence-corrected chi connectivity index (χ2v) is 5.71. The van der Waals surface area contributed by atoms with Crippen LogP contribution >= 0.6 is 0 Å². The molecule has 0 bridgehead atoms. The first-order chi connectivity index (χ1) is 8.20. The van der Waals surface area contributed by atoms with Crippen molar-refractivity contribution in [3.8, 4) is 0 Å². The minimum absolute atomic E-state index is 0.613. The molecule has 1 rings (SSSR count). The van der Waals surface area contributed by atoms with Gasteiger partial charge in [0.25, 0.3) is 0 Å². The molecule has 0 aromatic rings. The summed E-state index contributed by atoms with van der Waals surface area (Å²) in [6, 6.07) is 0.613. The van der Waals surface area contributed by atoms with Crippen LogP contribution in [0.25, 0.3) is 0 Å². The molecule has 1 saturated carbocycles. The summed E-state index contributed by atoms with van der Waals surface area (Å²) in [5.74, 6) is 2.68. The highest BCUT2D eigenvalue weighted by Gasteiger charge is 2.30. The first-order valence-corrected chi connectivity index (χ1v) is 7.43. The molecule has 17 heavy (non-hydrogen) atoms. The summed E-state index contributed by atoms with van der Waals surface area (Å²) >= 11 is 0. The Morgan fingerprint density at radius 3 is 2.59 bits per heavy atom. The van der Waals surface area contributed by atoms with Crippen molar-refractivity contribution in [1.82, 2.24) is 5.32 Å². The van der Waals surface area contributed by atoms with Crippen LogP contribution in [0.5, 0.6) is 0 Å². The largest absolute Gasteiger partial charge is 0.383 e. The lowest BCUT2D eigenvalue weighted by Crippen LogP contribution is -2.40. The van der Waals surface area contributed by atoms with Gasteiger partial charge in [0.1, 0.15) is 0 Å². The van der Waals surface area contributed by atoms with Crippen LogP contribution in [0, 0.1) is 17.8 Å². The minimum Gasteiger partial charge on any atom is -0.383 e. The Morgan fingerprint density at radius 1 is 1.24 bits per heavy atom. The van der Waals surface area contributed by atoms with E-state index in [1.165, 1.54) is 32.1 Å². The number of methoxy groups -OCH3 is 1. The molecule has 2 heteroatoms. The van der Waals surface area contributed by atoms with Crippen LogP contribution in [0.15, 0.2) is 0 Å². The van der Waals surface area contributed by atoms with Gasteiger partial charge in [0.2, 0.25) is 0 Å². The summed E-state index contributed by atoms with van der Waals surface area (Å²) in [5.41, 5.74) is 0. The van der Waals surface area contributed by atoms with Crippen molar-refractivity contribution in [2.24, 2.45) is 17.8 Å². The molecule has 0 aromatic heterocycles. The van der Waals surface area contributed by atoms with Gasteiger partial charge in [-0.3, -0.25) is 0 Å². The Bertz CT molecular complexity index is 195. The van der Waals surface area contributed by atoms with E-state index in [2.05, 4.69) is 26.1 Å². The van der Waals surface area contributed by atoms with Crippen molar-refractivity contribution in [2.75, 3.05) is 20.3 Å². The third-order valence-electron chi connectivity index (χ3n) is 4.73. The standard InChI is InChI=1S/C15H31NO/c1-5-14-8-6-7-9-15(14)12(2)13(3)16-10-11-17-4/h12-16H,5-11H2,1-4H3. The van der Waals surface area contributed by atoms with Gasteiger partial charge in [0.05, 0.1) is 6.61 Å². The highest BCUT2D eigenvalue weighted by molar-refractivity contribution is 4.83. The van der Waals surface area contributed by atoms with E-state index in [-0.39, 0.29) is 0 Å². The molecule has 102 valence electrons. The average molecular weight is 241 g/mol. The molecule has 0 aliphatic heterocycles. The van der Waals surface area contributed by atoms with Crippen LogP contribution in [0.3, 0.4) is 0 Å². The Kier molecular flexibility index (Phi) is 7.14. The van der Waals surface area contributed by atoms with E-state index in [1.54, 1.807) is 7.11 Å². The van der Waals surface area contributed by atoms with Gasteiger partial charge in [-0.1, -0.05) is 39.5 Å². The zero-order valence-corrected chi connectivity index (χ0v) is 12.2. The maximum atomic E-state index is 5.10. The van der Waals surface area contributed by atoms with Gasteiger partial charge in [0, 0.05) is 19.7 Å². The molecule has 1 aliphatic rings. The predicted molar refractivity (Wildman–Crippen MR) is 74.2 cm³/mol. The maximum Gasteiger partial charge on any atom is 0.0587 e. The monoisotopic (exact) mass is 241 g/mol. The van der Waals surface area contributed by atoms with Crippen molar-refractivity contribution in [2.45, 2.75) is 58.9 Å². The molecular weight excluding hydrogens is 210 g/mol. The molecule has 0 heterocycles. The fourth-order valence-corrected chi connectivity index (χ4v) is 3.38. The van der Waals surface area contributed by atoms with Crippen LogP contribution in [0.4, 0.5) is 0 Å². The van der Waals surface area contributed by atoms with E-state index < -0.39 is 0 Å². The molecule has 0 aromatic carbocycles. The minimum atomic E-state index is 0.613. The van der Waals surface area contributed by atoms with E-state index in [1.807, 2.05) is 0 Å². The molecule has 4 unspecified atom stereocenters. The number of hydrogen-bond acceptors (Lipinski definition) is 2. The van der Waals surface area contributed by atoms with Gasteiger partial charge < -0.3 is 10.1 Å². The Morgan fingerprint density at radius 2 is 1.94 bits per heavy atom. The Balaban J connectivity index is 2.39. The molecule has 0 radical (unpaired) electrons. The van der Waals surface area contributed by atoms with Crippen LogP contribution in [0.1, 0.15) is 52.9 Å². The maximum absolute atomic E-state index is 5.10. The van der Waals surface area contributed by atoms with Crippen LogP contribution < -0.4 is 5.32 Å². The van der Waals surface area contributed by atoms with Crippen LogP contribution in [0.2, 0.25) is 0 Å². The Hall–Kier alpha value is -0.0800. The molecule has 1 fully saturated rings. The smallest absolute Gasteiger partial charge is 0.0587 e. The van der Waals surface area contributed by atoms with Crippen LogP contribution in [-0.2, 0) is 4.74 Å². The zero-order valence-electron chi connectivity index (χ0n) is 12.2. The number of nitrogens with one attached hydrogen (secondary N) is 1. The number of ether oxygens (including phenoxy) is 1. The normalized spacial score (nSPS) is 28.9. The van der Waals surface area contributed by atoms with Crippen molar-refractivity contribution < 1.29 is 4.74 Å². The third kappa shape index (κ3) is 4.59. The van der Waals surface area contributed by atoms with E-state index in [0.717, 1.165) is 30.9 Å². The molecule has 4 atom stereocenters. The summed E-state index contributed by atoms with van der Waals surface area (Å²) in [5, 5.41) is 3.60. The van der Waals surface area contributed by atoms with Crippen LogP contribution in [-0.4, -0.2) is 26.3 Å². The summed E-state index contributed by atoms with van der Waals surface area (Å²) in [7, 11) is 1.77. The number of rotatable bonds is 7. The molecule has 0 saturated heterocycles. The molecule has 2 nitrogen and oxygen atoms in total. The summed E-state index contributed by atoms with van der Waals surface area (Å²) in [6.45, 7) is 8.92. The zero-order chi connectivity index (χ0) is 12.7. The third-order valence-corrected chi connectivity index (χ3v) is 4.73. The second-order valence-electron chi connectivity index (χ2n) is 5.71. The molecule has 1 N–H and O–H groups in total. The van der Waals surface area contributed by atoms with Gasteiger partial charge in [-0.25, -0.2) is 0 Å². The van der Waals surface area contributed by atoms with Crippen molar-refractivity contribution in [3.05, 3.63) is 0 Å². The SMILES string of the molecule is CCC1CCCCC1C(C)C(C)NCCOC. The lowest BCUT2D eigenvalue weighted by molar-refractivity contribution is 0.134. The summed E-state index contributed by atoms with van der Waals surface area (Å²) in [6.07, 6.45) is 7.15. The first-order valence-electron chi connectivity index (χ1n) is 7.43. The Labute approximate surface area is 108 Å².